The van der Waals surface area contributed by atoms with Gasteiger partial charge in [-0.15, -0.1) is 0 Å². The van der Waals surface area contributed by atoms with Crippen LogP contribution in [0.4, 0.5) is 4.79 Å². The number of ether oxygens (including phenoxy) is 1. The molecule has 17 heavy (non-hydrogen) atoms. The highest BCUT2D eigenvalue weighted by atomic mass is 16.6. The molecule has 0 fully saturated rings. The van der Waals surface area contributed by atoms with Gasteiger partial charge in [0.2, 0.25) is 0 Å². The van der Waals surface area contributed by atoms with E-state index in [1.807, 2.05) is 34.6 Å². The van der Waals surface area contributed by atoms with Crippen LogP contribution in [0.2, 0.25) is 0 Å². The van der Waals surface area contributed by atoms with Gasteiger partial charge in [0.1, 0.15) is 0 Å². The molecule has 0 aliphatic carbocycles. The second-order valence-corrected chi connectivity index (χ2v) is 5.44. The van der Waals surface area contributed by atoms with Crippen molar-refractivity contribution in [2.24, 2.45) is 5.92 Å². The number of carboxylic acid groups (broad SMARTS) is 1. The molecule has 0 spiro atoms. The van der Waals surface area contributed by atoms with E-state index in [2.05, 4.69) is 0 Å². The van der Waals surface area contributed by atoms with Crippen molar-refractivity contribution in [3.63, 3.8) is 0 Å². The molecule has 100 valence electrons. The molecule has 0 atom stereocenters. The van der Waals surface area contributed by atoms with Crippen molar-refractivity contribution in [2.45, 2.75) is 46.6 Å². The monoisotopic (exact) mass is 245 g/mol. The zero-order valence-electron chi connectivity index (χ0n) is 11.3. The maximum Gasteiger partial charge on any atom is 0.410 e. The van der Waals surface area contributed by atoms with E-state index in [1.165, 1.54) is 4.90 Å². The second kappa shape index (κ2) is 6.47. The number of carbonyl (C=O) groups excluding carboxylic acids is 1. The van der Waals surface area contributed by atoms with E-state index < -0.39 is 17.6 Å². The molecule has 0 unspecified atom stereocenters. The number of nitrogens with zero attached hydrogens (tertiary/aromatic N) is 1. The summed E-state index contributed by atoms with van der Waals surface area (Å²) in [5.41, 5.74) is -0.441. The van der Waals surface area contributed by atoms with Crippen LogP contribution >= 0.6 is 0 Å². The van der Waals surface area contributed by atoms with Crippen LogP contribution in [0.25, 0.3) is 0 Å². The molecular weight excluding hydrogens is 222 g/mol. The van der Waals surface area contributed by atoms with Gasteiger partial charge in [-0.05, 0) is 26.7 Å². The Bertz CT molecular complexity index is 268. The minimum atomic E-state index is -0.920. The zero-order valence-corrected chi connectivity index (χ0v) is 11.3. The van der Waals surface area contributed by atoms with Crippen LogP contribution in [-0.4, -0.2) is 40.8 Å². The first-order valence-corrected chi connectivity index (χ1v) is 5.80. The lowest BCUT2D eigenvalue weighted by Crippen LogP contribution is -2.47. The topological polar surface area (TPSA) is 66.8 Å². The Morgan fingerprint density at radius 1 is 1.29 bits per heavy atom. The van der Waals surface area contributed by atoms with Crippen LogP contribution < -0.4 is 0 Å². The van der Waals surface area contributed by atoms with Crippen molar-refractivity contribution < 1.29 is 19.4 Å². The smallest absolute Gasteiger partial charge is 0.410 e. The number of amides is 1. The molecule has 0 aromatic heterocycles. The molecule has 1 N–H and O–H groups in total. The predicted molar refractivity (Wildman–Crippen MR) is 64.9 cm³/mol. The van der Waals surface area contributed by atoms with Crippen molar-refractivity contribution >= 4 is 12.1 Å². The third-order valence-corrected chi connectivity index (χ3v) is 2.12. The average Bonchev–Trinajstić information content (AvgIpc) is 2.12. The summed E-state index contributed by atoms with van der Waals surface area (Å²) in [6, 6.07) is 0. The van der Waals surface area contributed by atoms with E-state index in [9.17, 15) is 9.59 Å². The molecule has 5 heteroatoms. The summed E-state index contributed by atoms with van der Waals surface area (Å²) in [5.74, 6) is -0.656. The zero-order chi connectivity index (χ0) is 13.6. The van der Waals surface area contributed by atoms with Crippen molar-refractivity contribution in [1.82, 2.24) is 4.90 Å². The lowest BCUT2D eigenvalue weighted by molar-refractivity contribution is -0.137. The Hall–Kier alpha value is -1.26. The van der Waals surface area contributed by atoms with Gasteiger partial charge in [0, 0.05) is 12.1 Å². The third kappa shape index (κ3) is 6.81. The van der Waals surface area contributed by atoms with Gasteiger partial charge in [-0.1, -0.05) is 13.8 Å². The summed E-state index contributed by atoms with van der Waals surface area (Å²) in [5, 5.41) is 8.65. The Labute approximate surface area is 103 Å². The quantitative estimate of drug-likeness (QED) is 0.807. The molecule has 0 aliphatic heterocycles. The standard InChI is InChI=1S/C12H23NO4/c1-9(2)8-17-11(16)13(12(3,4)5)7-6-10(14)15/h9H,6-8H2,1-5H3,(H,14,15). The highest BCUT2D eigenvalue weighted by Gasteiger charge is 2.28. The number of hydrogen-bond donors (Lipinski definition) is 1. The molecule has 0 bridgehead atoms. The number of aliphatic carboxylic acids is 1. The lowest BCUT2D eigenvalue weighted by atomic mass is 10.1. The molecule has 0 heterocycles. The van der Waals surface area contributed by atoms with Crippen LogP contribution in [0, 0.1) is 5.92 Å². The van der Waals surface area contributed by atoms with Crippen molar-refractivity contribution in [3.8, 4) is 0 Å². The van der Waals surface area contributed by atoms with Gasteiger partial charge in [-0.2, -0.15) is 0 Å². The molecule has 5 nitrogen and oxygen atoms in total. The number of carbonyl (C=O) groups is 2. The summed E-state index contributed by atoms with van der Waals surface area (Å²) >= 11 is 0. The van der Waals surface area contributed by atoms with Gasteiger partial charge >= 0.3 is 12.1 Å². The van der Waals surface area contributed by atoms with Crippen molar-refractivity contribution in [1.29, 1.82) is 0 Å². The Balaban J connectivity index is 4.47. The number of hydrogen-bond acceptors (Lipinski definition) is 3. The lowest BCUT2D eigenvalue weighted by Gasteiger charge is -2.34. The normalized spacial score (nSPS) is 11.4. The summed E-state index contributed by atoms with van der Waals surface area (Å²) < 4.78 is 5.12. The van der Waals surface area contributed by atoms with Crippen LogP contribution in [-0.2, 0) is 9.53 Å². The van der Waals surface area contributed by atoms with Gasteiger partial charge in [0.25, 0.3) is 0 Å². The van der Waals surface area contributed by atoms with Crippen molar-refractivity contribution in [2.75, 3.05) is 13.2 Å². The largest absolute Gasteiger partial charge is 0.481 e. The minimum Gasteiger partial charge on any atom is -0.481 e. The van der Waals surface area contributed by atoms with Gasteiger partial charge < -0.3 is 14.7 Å². The third-order valence-electron chi connectivity index (χ3n) is 2.12. The summed E-state index contributed by atoms with van der Waals surface area (Å²) in [6.07, 6.45) is -0.527. The van der Waals surface area contributed by atoms with Crippen molar-refractivity contribution in [3.05, 3.63) is 0 Å². The number of carboxylic acids is 1. The van der Waals surface area contributed by atoms with Gasteiger partial charge in [0.05, 0.1) is 13.0 Å². The Kier molecular flexibility index (Phi) is 5.99. The maximum absolute atomic E-state index is 11.8. The predicted octanol–water partition coefficient (Wildman–Crippen LogP) is 2.35. The molecule has 0 radical (unpaired) electrons. The SMILES string of the molecule is CC(C)COC(=O)N(CCC(=O)O)C(C)(C)C. The summed E-state index contributed by atoms with van der Waals surface area (Å²) in [4.78, 5) is 23.8. The van der Waals surface area contributed by atoms with Crippen LogP contribution in [0.3, 0.4) is 0 Å². The average molecular weight is 245 g/mol. The molecular formula is C12H23NO4. The first-order valence-electron chi connectivity index (χ1n) is 5.80. The molecule has 0 rings (SSSR count). The summed E-state index contributed by atoms with van der Waals surface area (Å²) in [6.45, 7) is 9.97. The van der Waals surface area contributed by atoms with E-state index in [-0.39, 0.29) is 18.9 Å². The van der Waals surface area contributed by atoms with Gasteiger partial charge in [-0.25, -0.2) is 4.79 Å². The van der Waals surface area contributed by atoms with Crippen LogP contribution in [0.15, 0.2) is 0 Å². The first-order chi connectivity index (χ1) is 7.64. The second-order valence-electron chi connectivity index (χ2n) is 5.44. The van der Waals surface area contributed by atoms with E-state index >= 15 is 0 Å². The molecule has 0 aromatic rings. The van der Waals surface area contributed by atoms with E-state index in [1.54, 1.807) is 0 Å². The van der Waals surface area contributed by atoms with E-state index in [4.69, 9.17) is 9.84 Å². The van der Waals surface area contributed by atoms with Crippen LogP contribution in [0.1, 0.15) is 41.0 Å². The molecule has 1 amide bonds. The highest BCUT2D eigenvalue weighted by molar-refractivity contribution is 5.71. The summed E-state index contributed by atoms with van der Waals surface area (Å²) in [7, 11) is 0. The molecule has 0 saturated carbocycles. The molecule has 0 aromatic carbocycles. The van der Waals surface area contributed by atoms with Gasteiger partial charge in [-0.3, -0.25) is 4.79 Å². The number of rotatable bonds is 5. The Morgan fingerprint density at radius 3 is 2.18 bits per heavy atom. The van der Waals surface area contributed by atoms with E-state index in [0.717, 1.165) is 0 Å². The molecule has 0 saturated heterocycles. The fourth-order valence-electron chi connectivity index (χ4n) is 1.22. The fraction of sp³-hybridized carbons (Fsp3) is 0.833. The van der Waals surface area contributed by atoms with Crippen LogP contribution in [0.5, 0.6) is 0 Å². The van der Waals surface area contributed by atoms with E-state index in [0.29, 0.717) is 6.61 Å². The Morgan fingerprint density at radius 2 is 1.82 bits per heavy atom. The van der Waals surface area contributed by atoms with Gasteiger partial charge in [0.15, 0.2) is 0 Å². The first kappa shape index (κ1) is 15.7. The fourth-order valence-corrected chi connectivity index (χ4v) is 1.22. The highest BCUT2D eigenvalue weighted by Crippen LogP contribution is 2.15. The molecule has 0 aliphatic rings. The maximum atomic E-state index is 11.8. The minimum absolute atomic E-state index is 0.0753.